The van der Waals surface area contributed by atoms with Crippen LogP contribution in [-0.4, -0.2) is 65.1 Å². The maximum absolute atomic E-state index is 13.4. The molecule has 3 aliphatic heterocycles. The largest absolute Gasteiger partial charge is 0.389 e. The highest BCUT2D eigenvalue weighted by Gasteiger charge is 2.56. The van der Waals surface area contributed by atoms with Crippen molar-refractivity contribution in [2.24, 2.45) is 11.8 Å². The average Bonchev–Trinajstić information content (AvgIpc) is 2.67. The molecule has 3 saturated heterocycles. The van der Waals surface area contributed by atoms with E-state index in [9.17, 15) is 14.7 Å². The van der Waals surface area contributed by atoms with Crippen LogP contribution >= 0.6 is 0 Å². The van der Waals surface area contributed by atoms with E-state index in [0.29, 0.717) is 52.4 Å². The van der Waals surface area contributed by atoms with E-state index in [0.717, 1.165) is 5.69 Å². The van der Waals surface area contributed by atoms with Gasteiger partial charge >= 0.3 is 0 Å². The van der Waals surface area contributed by atoms with Crippen molar-refractivity contribution in [1.82, 2.24) is 9.47 Å². The van der Waals surface area contributed by atoms with Gasteiger partial charge in [0.1, 0.15) is 5.56 Å². The Morgan fingerprint density at radius 3 is 2.85 bits per heavy atom. The lowest BCUT2D eigenvalue weighted by atomic mass is 9.66. The summed E-state index contributed by atoms with van der Waals surface area (Å²) in [6.45, 7) is 6.67. The first-order valence-electron chi connectivity index (χ1n) is 9.86. The van der Waals surface area contributed by atoms with Gasteiger partial charge in [0.05, 0.1) is 18.8 Å². The number of amides is 1. The van der Waals surface area contributed by atoms with Crippen LogP contribution in [0.1, 0.15) is 35.8 Å². The van der Waals surface area contributed by atoms with E-state index in [2.05, 4.69) is 0 Å². The second-order valence-corrected chi connectivity index (χ2v) is 7.95. The van der Waals surface area contributed by atoms with Gasteiger partial charge in [-0.25, -0.2) is 0 Å². The van der Waals surface area contributed by atoms with Gasteiger partial charge in [-0.1, -0.05) is 0 Å². The molecule has 0 radical (unpaired) electrons. The molecule has 1 amide bonds. The zero-order chi connectivity index (χ0) is 19.2. The summed E-state index contributed by atoms with van der Waals surface area (Å²) in [6, 6.07) is 3.35. The molecule has 4 atom stereocenters. The van der Waals surface area contributed by atoms with E-state index >= 15 is 0 Å². The van der Waals surface area contributed by atoms with Crippen LogP contribution in [0.2, 0.25) is 0 Å². The van der Waals surface area contributed by atoms with Gasteiger partial charge in [0, 0.05) is 56.3 Å². The molecule has 3 aliphatic rings. The SMILES string of the molecule is CCn1c(C)ccc(C(=O)N2C[C@@H]3COCC[C@]3(O)[C@H]3COCC[C@H]32)c1=O. The molecule has 0 aromatic carbocycles. The number of likely N-dealkylation sites (tertiary alicyclic amines) is 1. The number of hydrogen-bond donors (Lipinski definition) is 1. The maximum Gasteiger partial charge on any atom is 0.263 e. The van der Waals surface area contributed by atoms with E-state index in [1.807, 2.05) is 19.9 Å². The number of fused-ring (bicyclic) bond motifs is 3. The van der Waals surface area contributed by atoms with Crippen molar-refractivity contribution in [3.05, 3.63) is 33.7 Å². The first-order valence-corrected chi connectivity index (χ1v) is 9.86. The molecular formula is C20H28N2O5. The average molecular weight is 376 g/mol. The fourth-order valence-electron chi connectivity index (χ4n) is 5.07. The lowest BCUT2D eigenvalue weighted by Crippen LogP contribution is -2.69. The Kier molecular flexibility index (Phi) is 4.86. The smallest absolute Gasteiger partial charge is 0.263 e. The molecule has 0 spiro atoms. The van der Waals surface area contributed by atoms with E-state index < -0.39 is 5.60 Å². The molecule has 0 bridgehead atoms. The molecule has 0 unspecified atom stereocenters. The fraction of sp³-hybridized carbons (Fsp3) is 0.700. The van der Waals surface area contributed by atoms with Crippen LogP contribution in [0.4, 0.5) is 0 Å². The van der Waals surface area contributed by atoms with Gasteiger partial charge < -0.3 is 24.0 Å². The summed E-state index contributed by atoms with van der Waals surface area (Å²) in [7, 11) is 0. The second-order valence-electron chi connectivity index (χ2n) is 7.95. The third-order valence-corrected chi connectivity index (χ3v) is 6.65. The van der Waals surface area contributed by atoms with E-state index in [-0.39, 0.29) is 34.9 Å². The Morgan fingerprint density at radius 1 is 1.30 bits per heavy atom. The molecule has 4 heterocycles. The predicted molar refractivity (Wildman–Crippen MR) is 98.7 cm³/mol. The third kappa shape index (κ3) is 2.92. The van der Waals surface area contributed by atoms with Gasteiger partial charge in [-0.05, 0) is 32.4 Å². The molecule has 27 heavy (non-hydrogen) atoms. The van der Waals surface area contributed by atoms with Gasteiger partial charge in [-0.3, -0.25) is 9.59 Å². The number of piperidine rings is 1. The monoisotopic (exact) mass is 376 g/mol. The van der Waals surface area contributed by atoms with Crippen molar-refractivity contribution in [1.29, 1.82) is 0 Å². The molecule has 0 saturated carbocycles. The van der Waals surface area contributed by atoms with Crippen molar-refractivity contribution in [3.63, 3.8) is 0 Å². The van der Waals surface area contributed by atoms with Gasteiger partial charge in [0.25, 0.3) is 11.5 Å². The number of pyridine rings is 1. The van der Waals surface area contributed by atoms with Crippen LogP contribution in [0.3, 0.4) is 0 Å². The number of aryl methyl sites for hydroxylation is 1. The van der Waals surface area contributed by atoms with Gasteiger partial charge in [0.15, 0.2) is 0 Å². The molecule has 7 nitrogen and oxygen atoms in total. The summed E-state index contributed by atoms with van der Waals surface area (Å²) in [6.07, 6.45) is 1.25. The Balaban J connectivity index is 1.71. The van der Waals surface area contributed by atoms with Crippen LogP contribution < -0.4 is 5.56 Å². The van der Waals surface area contributed by atoms with Crippen LogP contribution in [0.15, 0.2) is 16.9 Å². The summed E-state index contributed by atoms with van der Waals surface area (Å²) in [5.41, 5.74) is -0.0600. The zero-order valence-corrected chi connectivity index (χ0v) is 16.0. The van der Waals surface area contributed by atoms with Crippen LogP contribution in [0, 0.1) is 18.8 Å². The van der Waals surface area contributed by atoms with Gasteiger partial charge in [-0.15, -0.1) is 0 Å². The van der Waals surface area contributed by atoms with Crippen LogP contribution in [0.5, 0.6) is 0 Å². The molecule has 1 aromatic rings. The normalized spacial score (nSPS) is 33.3. The van der Waals surface area contributed by atoms with Crippen LogP contribution in [0.25, 0.3) is 0 Å². The number of rotatable bonds is 2. The topological polar surface area (TPSA) is 81.0 Å². The molecular weight excluding hydrogens is 348 g/mol. The molecule has 4 rings (SSSR count). The van der Waals surface area contributed by atoms with Gasteiger partial charge in [-0.2, -0.15) is 0 Å². The fourth-order valence-corrected chi connectivity index (χ4v) is 5.07. The van der Waals surface area contributed by atoms with Crippen molar-refractivity contribution in [3.8, 4) is 0 Å². The van der Waals surface area contributed by atoms with Crippen LogP contribution in [-0.2, 0) is 16.0 Å². The Morgan fingerprint density at radius 2 is 2.07 bits per heavy atom. The molecule has 7 heteroatoms. The highest BCUT2D eigenvalue weighted by Crippen LogP contribution is 2.44. The van der Waals surface area contributed by atoms with Crippen molar-refractivity contribution >= 4 is 5.91 Å². The highest BCUT2D eigenvalue weighted by atomic mass is 16.5. The third-order valence-electron chi connectivity index (χ3n) is 6.65. The van der Waals surface area contributed by atoms with Crippen molar-refractivity contribution < 1.29 is 19.4 Å². The quantitative estimate of drug-likeness (QED) is 0.826. The number of carbonyl (C=O) groups excluding carboxylic acids is 1. The first kappa shape index (κ1) is 18.7. The predicted octanol–water partition coefficient (Wildman–Crippen LogP) is 0.805. The lowest BCUT2D eigenvalue weighted by Gasteiger charge is -2.57. The van der Waals surface area contributed by atoms with E-state index in [1.165, 1.54) is 0 Å². The van der Waals surface area contributed by atoms with Crippen molar-refractivity contribution in [2.75, 3.05) is 33.0 Å². The summed E-state index contributed by atoms with van der Waals surface area (Å²) in [4.78, 5) is 28.0. The lowest BCUT2D eigenvalue weighted by molar-refractivity contribution is -0.212. The number of aliphatic hydroxyl groups is 1. The summed E-state index contributed by atoms with van der Waals surface area (Å²) < 4.78 is 12.9. The molecule has 1 aromatic heterocycles. The number of aromatic nitrogens is 1. The van der Waals surface area contributed by atoms with Gasteiger partial charge in [0.2, 0.25) is 0 Å². The zero-order valence-electron chi connectivity index (χ0n) is 16.0. The van der Waals surface area contributed by atoms with E-state index in [1.54, 1.807) is 15.5 Å². The molecule has 1 N–H and O–H groups in total. The van der Waals surface area contributed by atoms with Crippen molar-refractivity contribution in [2.45, 2.75) is 44.9 Å². The molecule has 148 valence electrons. The molecule has 3 fully saturated rings. The minimum atomic E-state index is -0.864. The number of nitrogens with zero attached hydrogens (tertiary/aromatic N) is 2. The summed E-state index contributed by atoms with van der Waals surface area (Å²) >= 11 is 0. The second kappa shape index (κ2) is 7.04. The maximum atomic E-state index is 13.4. The number of hydrogen-bond acceptors (Lipinski definition) is 5. The van der Waals surface area contributed by atoms with E-state index in [4.69, 9.17) is 9.47 Å². The number of ether oxygens (including phenoxy) is 2. The first-order chi connectivity index (χ1) is 13.0. The molecule has 0 aliphatic carbocycles. The Labute approximate surface area is 158 Å². The summed E-state index contributed by atoms with van der Waals surface area (Å²) in [5.74, 6) is -0.541. The Bertz CT molecular complexity index is 791. The standard InChI is InChI=1S/C20H28N2O5/c1-3-21-13(2)4-5-15(18(21)23)19(24)22-10-14-11-27-9-7-20(14,25)16-12-26-8-6-17(16)22/h4-5,14,16-17,25H,3,6-12H2,1-2H3/t14-,16+,17-,20-/m1/s1. The number of carbonyl (C=O) groups is 1. The highest BCUT2D eigenvalue weighted by molar-refractivity contribution is 5.94. The Hall–Kier alpha value is -1.70. The minimum absolute atomic E-state index is 0.110. The minimum Gasteiger partial charge on any atom is -0.389 e. The summed E-state index contributed by atoms with van der Waals surface area (Å²) in [5, 5.41) is 11.4.